The van der Waals surface area contributed by atoms with E-state index in [9.17, 15) is 4.79 Å². The molecule has 2 aromatic carbocycles. The van der Waals surface area contributed by atoms with Crippen LogP contribution in [0.25, 0.3) is 0 Å². The molecule has 5 rings (SSSR count). The van der Waals surface area contributed by atoms with Gasteiger partial charge in [0.1, 0.15) is 13.2 Å². The summed E-state index contributed by atoms with van der Waals surface area (Å²) < 4.78 is 12.5. The van der Waals surface area contributed by atoms with Crippen molar-refractivity contribution in [3.63, 3.8) is 0 Å². The largest absolute Gasteiger partial charge is 0.486 e. The van der Waals surface area contributed by atoms with Gasteiger partial charge in [0.2, 0.25) is 5.91 Å². The Morgan fingerprint density at radius 2 is 1.80 bits per heavy atom. The van der Waals surface area contributed by atoms with Crippen molar-refractivity contribution in [1.82, 2.24) is 4.90 Å². The number of carbonyl (C=O) groups is 1. The molecule has 1 atom stereocenters. The quantitative estimate of drug-likeness (QED) is 0.667. The summed E-state index contributed by atoms with van der Waals surface area (Å²) >= 11 is 3.57. The van der Waals surface area contributed by atoms with E-state index < -0.39 is 0 Å². The molecule has 158 valence electrons. The average molecular weight is 471 g/mol. The van der Waals surface area contributed by atoms with E-state index in [4.69, 9.17) is 9.47 Å². The number of anilines is 1. The molecule has 0 radical (unpaired) electrons. The van der Waals surface area contributed by atoms with Crippen molar-refractivity contribution < 1.29 is 14.3 Å². The Labute approximate surface area is 186 Å². The van der Waals surface area contributed by atoms with Gasteiger partial charge in [-0.05, 0) is 60.6 Å². The number of halogens is 1. The zero-order valence-electron chi connectivity index (χ0n) is 17.1. The van der Waals surface area contributed by atoms with E-state index in [0.29, 0.717) is 25.6 Å². The van der Waals surface area contributed by atoms with Gasteiger partial charge in [-0.1, -0.05) is 22.0 Å². The maximum absolute atomic E-state index is 13.0. The molecule has 1 fully saturated rings. The minimum Gasteiger partial charge on any atom is -0.486 e. The fourth-order valence-corrected chi connectivity index (χ4v) is 5.29. The van der Waals surface area contributed by atoms with Gasteiger partial charge in [0.25, 0.3) is 0 Å². The molecule has 1 aliphatic carbocycles. The van der Waals surface area contributed by atoms with Crippen LogP contribution in [0.1, 0.15) is 36.3 Å². The number of hydrogen-bond acceptors (Lipinski definition) is 4. The zero-order valence-corrected chi connectivity index (χ0v) is 18.7. The lowest BCUT2D eigenvalue weighted by Crippen LogP contribution is -2.49. The number of aryl methyl sites for hydroxylation is 1. The fraction of sp³-hybridized carbons (Fsp3) is 0.458. The number of piperazine rings is 1. The van der Waals surface area contributed by atoms with Crippen LogP contribution >= 0.6 is 15.9 Å². The number of amides is 1. The van der Waals surface area contributed by atoms with Crippen molar-refractivity contribution in [2.45, 2.75) is 31.6 Å². The van der Waals surface area contributed by atoms with Gasteiger partial charge in [-0.15, -0.1) is 0 Å². The first-order chi connectivity index (χ1) is 14.7. The first-order valence-electron chi connectivity index (χ1n) is 10.9. The molecule has 0 aromatic heterocycles. The van der Waals surface area contributed by atoms with Gasteiger partial charge in [-0.25, -0.2) is 0 Å². The monoisotopic (exact) mass is 470 g/mol. The molecule has 2 heterocycles. The number of hydrogen-bond donors (Lipinski definition) is 0. The molecular weight excluding hydrogens is 444 g/mol. The lowest BCUT2D eigenvalue weighted by Gasteiger charge is -2.37. The number of benzene rings is 2. The van der Waals surface area contributed by atoms with E-state index in [2.05, 4.69) is 51.2 Å². The second kappa shape index (κ2) is 8.50. The molecule has 3 aliphatic rings. The molecule has 1 unspecified atom stereocenters. The van der Waals surface area contributed by atoms with Gasteiger partial charge in [0.05, 0.1) is 0 Å². The second-order valence-electron chi connectivity index (χ2n) is 8.33. The Morgan fingerprint density at radius 3 is 2.63 bits per heavy atom. The summed E-state index contributed by atoms with van der Waals surface area (Å²) in [6.45, 7) is 4.44. The number of nitrogens with zero attached hydrogens (tertiary/aromatic N) is 2. The Hall–Kier alpha value is -2.21. The van der Waals surface area contributed by atoms with Crippen LogP contribution in [0.5, 0.6) is 11.5 Å². The Morgan fingerprint density at radius 1 is 1.00 bits per heavy atom. The van der Waals surface area contributed by atoms with Crippen LogP contribution in [0.15, 0.2) is 40.9 Å². The summed E-state index contributed by atoms with van der Waals surface area (Å²) in [4.78, 5) is 17.4. The standard InChI is InChI=1S/C24H27BrN2O3/c25-19-4-6-21-17(14-19)2-1-3-18(21)15-24(28)27-10-8-26(9-11-27)20-5-7-22-23(16-20)30-13-12-29-22/h4-7,14,16,18H,1-3,8-13,15H2. The molecule has 2 aromatic rings. The average Bonchev–Trinajstić information content (AvgIpc) is 2.79. The van der Waals surface area contributed by atoms with Crippen molar-refractivity contribution in [3.8, 4) is 11.5 Å². The number of ether oxygens (including phenoxy) is 2. The highest BCUT2D eigenvalue weighted by molar-refractivity contribution is 9.10. The molecule has 5 nitrogen and oxygen atoms in total. The van der Waals surface area contributed by atoms with Crippen LogP contribution in [0.3, 0.4) is 0 Å². The van der Waals surface area contributed by atoms with Crippen molar-refractivity contribution >= 4 is 27.5 Å². The van der Waals surface area contributed by atoms with Gasteiger partial charge < -0.3 is 19.3 Å². The Bertz CT molecular complexity index is 940. The van der Waals surface area contributed by atoms with E-state index in [1.807, 2.05) is 11.0 Å². The third-order valence-electron chi connectivity index (χ3n) is 6.49. The lowest BCUT2D eigenvalue weighted by atomic mass is 9.81. The maximum Gasteiger partial charge on any atom is 0.223 e. The number of fused-ring (bicyclic) bond motifs is 2. The molecule has 30 heavy (non-hydrogen) atoms. The normalized spacial score (nSPS) is 20.6. The predicted octanol–water partition coefficient (Wildman–Crippen LogP) is 4.38. The van der Waals surface area contributed by atoms with Gasteiger partial charge in [0, 0.05) is 48.8 Å². The number of carbonyl (C=O) groups excluding carboxylic acids is 1. The van der Waals surface area contributed by atoms with Gasteiger partial charge in [0.15, 0.2) is 11.5 Å². The van der Waals surface area contributed by atoms with E-state index in [1.165, 1.54) is 17.5 Å². The second-order valence-corrected chi connectivity index (χ2v) is 9.25. The molecule has 1 saturated heterocycles. The van der Waals surface area contributed by atoms with Crippen LogP contribution in [0, 0.1) is 0 Å². The fourth-order valence-electron chi connectivity index (χ4n) is 4.88. The molecular formula is C24H27BrN2O3. The summed E-state index contributed by atoms with van der Waals surface area (Å²) in [6.07, 6.45) is 4.02. The first kappa shape index (κ1) is 19.7. The highest BCUT2D eigenvalue weighted by Gasteiger charge is 2.27. The molecule has 0 spiro atoms. The Balaban J connectivity index is 1.20. The number of rotatable bonds is 3. The highest BCUT2D eigenvalue weighted by atomic mass is 79.9. The zero-order chi connectivity index (χ0) is 20.5. The summed E-state index contributed by atoms with van der Waals surface area (Å²) in [5.41, 5.74) is 3.91. The summed E-state index contributed by atoms with van der Waals surface area (Å²) in [5.74, 6) is 2.28. The Kier molecular flexibility index (Phi) is 5.59. The first-order valence-corrected chi connectivity index (χ1v) is 11.7. The SMILES string of the molecule is O=C(CC1CCCc2cc(Br)ccc21)N1CCN(c2ccc3c(c2)OCCO3)CC1. The van der Waals surface area contributed by atoms with Gasteiger partial charge in [-0.3, -0.25) is 4.79 Å². The smallest absolute Gasteiger partial charge is 0.223 e. The third-order valence-corrected chi connectivity index (χ3v) is 6.98. The van der Waals surface area contributed by atoms with Crippen molar-refractivity contribution in [2.24, 2.45) is 0 Å². The molecule has 0 saturated carbocycles. The predicted molar refractivity (Wildman–Crippen MR) is 121 cm³/mol. The van der Waals surface area contributed by atoms with E-state index in [1.54, 1.807) is 0 Å². The van der Waals surface area contributed by atoms with Crippen LogP contribution in [0.2, 0.25) is 0 Å². The van der Waals surface area contributed by atoms with Crippen LogP contribution in [-0.4, -0.2) is 50.2 Å². The third kappa shape index (κ3) is 4.02. The van der Waals surface area contributed by atoms with Crippen LogP contribution < -0.4 is 14.4 Å². The van der Waals surface area contributed by atoms with E-state index in [0.717, 1.165) is 60.7 Å². The maximum atomic E-state index is 13.0. The molecule has 0 N–H and O–H groups in total. The molecule has 6 heteroatoms. The van der Waals surface area contributed by atoms with Gasteiger partial charge >= 0.3 is 0 Å². The molecule has 2 aliphatic heterocycles. The lowest BCUT2D eigenvalue weighted by molar-refractivity contribution is -0.132. The van der Waals surface area contributed by atoms with Crippen molar-refractivity contribution in [3.05, 3.63) is 52.0 Å². The highest BCUT2D eigenvalue weighted by Crippen LogP contribution is 2.36. The molecule has 0 bridgehead atoms. The van der Waals surface area contributed by atoms with Crippen molar-refractivity contribution in [1.29, 1.82) is 0 Å². The van der Waals surface area contributed by atoms with Gasteiger partial charge in [-0.2, -0.15) is 0 Å². The molecule has 1 amide bonds. The van der Waals surface area contributed by atoms with Crippen LogP contribution in [0.4, 0.5) is 5.69 Å². The topological polar surface area (TPSA) is 42.0 Å². The summed E-state index contributed by atoms with van der Waals surface area (Å²) in [5, 5.41) is 0. The van der Waals surface area contributed by atoms with Crippen LogP contribution in [-0.2, 0) is 11.2 Å². The summed E-state index contributed by atoms with van der Waals surface area (Å²) in [6, 6.07) is 12.7. The van der Waals surface area contributed by atoms with Crippen molar-refractivity contribution in [2.75, 3.05) is 44.3 Å². The van der Waals surface area contributed by atoms with E-state index >= 15 is 0 Å². The minimum atomic E-state index is 0.289. The van der Waals surface area contributed by atoms with E-state index in [-0.39, 0.29) is 5.91 Å². The minimum absolute atomic E-state index is 0.289. The summed E-state index contributed by atoms with van der Waals surface area (Å²) in [7, 11) is 0.